The third-order valence-corrected chi connectivity index (χ3v) is 3.72. The first kappa shape index (κ1) is 22.4. The Morgan fingerprint density at radius 1 is 0.815 bits per heavy atom. The van der Waals surface area contributed by atoms with E-state index in [-0.39, 0.29) is 6.61 Å². The van der Waals surface area contributed by atoms with Crippen LogP contribution in [0.5, 0.6) is 0 Å². The predicted octanol–water partition coefficient (Wildman–Crippen LogP) is 0.386. The van der Waals surface area contributed by atoms with E-state index >= 15 is 0 Å². The maximum absolute atomic E-state index is 11.9. The molecule has 1 heterocycles. The number of carbonyl (C=O) groups is 4. The van der Waals surface area contributed by atoms with E-state index in [2.05, 4.69) is 14.4 Å². The molecule has 1 atom stereocenters. The van der Waals surface area contributed by atoms with E-state index in [9.17, 15) is 19.2 Å². The molecule has 1 saturated heterocycles. The summed E-state index contributed by atoms with van der Waals surface area (Å²) in [5.74, 6) is -2.87. The molecule has 1 rings (SSSR count). The predicted molar refractivity (Wildman–Crippen MR) is 93.4 cm³/mol. The van der Waals surface area contributed by atoms with Crippen molar-refractivity contribution in [2.45, 2.75) is 25.4 Å². The van der Waals surface area contributed by atoms with E-state index in [0.717, 1.165) is 56.7 Å². The van der Waals surface area contributed by atoms with E-state index in [0.29, 0.717) is 6.54 Å². The minimum absolute atomic E-state index is 0.182. The van der Waals surface area contributed by atoms with Crippen molar-refractivity contribution in [3.63, 3.8) is 0 Å². The number of carbonyl (C=O) groups excluding carboxylic acids is 4. The van der Waals surface area contributed by atoms with E-state index in [4.69, 9.17) is 9.47 Å². The monoisotopic (exact) mass is 383 g/mol. The van der Waals surface area contributed by atoms with Gasteiger partial charge in [-0.15, -0.1) is 0 Å². The second-order valence-corrected chi connectivity index (χ2v) is 5.76. The molecule has 9 heteroatoms. The zero-order valence-electron chi connectivity index (χ0n) is 15.5. The summed E-state index contributed by atoms with van der Waals surface area (Å²) in [6.45, 7) is 1.94. The number of esters is 4. The molecule has 0 saturated carbocycles. The summed E-state index contributed by atoms with van der Waals surface area (Å²) in [4.78, 5) is 47.7. The lowest BCUT2D eigenvalue weighted by Gasteiger charge is -2.29. The lowest BCUT2D eigenvalue weighted by atomic mass is 10.1. The third-order valence-electron chi connectivity index (χ3n) is 3.72. The van der Waals surface area contributed by atoms with Gasteiger partial charge in [-0.05, 0) is 25.9 Å². The third kappa shape index (κ3) is 10.1. The summed E-state index contributed by atoms with van der Waals surface area (Å²) in [6.07, 6.45) is 6.30. The molecule has 0 aromatic heterocycles. The van der Waals surface area contributed by atoms with Crippen LogP contribution in [-0.2, 0) is 38.1 Å². The van der Waals surface area contributed by atoms with Crippen molar-refractivity contribution in [2.75, 3.05) is 40.5 Å². The first-order valence-electron chi connectivity index (χ1n) is 8.56. The Balaban J connectivity index is 2.60. The Hall–Kier alpha value is -2.68. The second-order valence-electron chi connectivity index (χ2n) is 5.76. The van der Waals surface area contributed by atoms with Gasteiger partial charge in [0.15, 0.2) is 0 Å². The molecular formula is C18H25NO8. The molecule has 150 valence electrons. The van der Waals surface area contributed by atoms with Gasteiger partial charge in [-0.1, -0.05) is 6.42 Å². The Labute approximate surface area is 157 Å². The summed E-state index contributed by atoms with van der Waals surface area (Å²) in [5, 5.41) is 0. The van der Waals surface area contributed by atoms with Crippen molar-refractivity contribution in [1.29, 1.82) is 0 Å². The maximum Gasteiger partial charge on any atom is 0.331 e. The largest absolute Gasteiger partial charge is 0.466 e. The molecule has 0 radical (unpaired) electrons. The van der Waals surface area contributed by atoms with Crippen LogP contribution in [0.25, 0.3) is 0 Å². The highest BCUT2D eigenvalue weighted by molar-refractivity contribution is 5.92. The first-order chi connectivity index (χ1) is 12.9. The molecule has 9 nitrogen and oxygen atoms in total. The van der Waals surface area contributed by atoms with E-state index in [1.807, 2.05) is 0 Å². The quantitative estimate of drug-likeness (QED) is 0.317. The maximum atomic E-state index is 11.9. The molecule has 0 bridgehead atoms. The molecule has 0 amide bonds. The van der Waals surface area contributed by atoms with Crippen LogP contribution in [0, 0.1) is 0 Å². The lowest BCUT2D eigenvalue weighted by Crippen LogP contribution is -2.40. The highest BCUT2D eigenvalue weighted by Gasteiger charge is 2.21. The van der Waals surface area contributed by atoms with Crippen LogP contribution in [-0.4, -0.2) is 75.3 Å². The fraction of sp³-hybridized carbons (Fsp3) is 0.556. The average Bonchev–Trinajstić information content (AvgIpc) is 2.68. The smallest absolute Gasteiger partial charge is 0.331 e. The number of methoxy groups -OCH3 is 2. The van der Waals surface area contributed by atoms with Crippen LogP contribution >= 0.6 is 0 Å². The summed E-state index contributed by atoms with van der Waals surface area (Å²) in [5.41, 5.74) is 0. The minimum atomic E-state index is -0.759. The number of rotatable bonds is 9. The van der Waals surface area contributed by atoms with Crippen LogP contribution in [0.15, 0.2) is 24.3 Å². The standard InChI is InChI=1S/C18H25NO8/c1-24-15(20)6-8-17(22)26-13-14(12-19-10-4-3-5-11-19)27-18(23)9-7-16(21)25-2/h6-9,14H,3-5,10-13H2,1-2H3/b8-6+,9-7+/t14-/m0/s1. The van der Waals surface area contributed by atoms with Gasteiger partial charge in [0, 0.05) is 30.8 Å². The second kappa shape index (κ2) is 12.6. The zero-order valence-corrected chi connectivity index (χ0v) is 15.5. The molecule has 1 aliphatic rings. The van der Waals surface area contributed by atoms with Gasteiger partial charge < -0.3 is 18.9 Å². The van der Waals surface area contributed by atoms with Gasteiger partial charge in [0.05, 0.1) is 14.2 Å². The summed E-state index contributed by atoms with van der Waals surface area (Å²) in [7, 11) is 2.38. The molecule has 1 fully saturated rings. The van der Waals surface area contributed by atoms with Gasteiger partial charge in [-0.3, -0.25) is 4.90 Å². The fourth-order valence-electron chi connectivity index (χ4n) is 2.39. The van der Waals surface area contributed by atoms with Crippen molar-refractivity contribution >= 4 is 23.9 Å². The highest BCUT2D eigenvalue weighted by Crippen LogP contribution is 2.10. The molecule has 0 N–H and O–H groups in total. The van der Waals surface area contributed by atoms with Crippen LogP contribution in [0.4, 0.5) is 0 Å². The normalized spacial score (nSPS) is 16.1. The Bertz CT molecular complexity index is 578. The molecule has 1 aliphatic heterocycles. The van der Waals surface area contributed by atoms with E-state index in [1.165, 1.54) is 14.2 Å². The number of hydrogen-bond acceptors (Lipinski definition) is 9. The van der Waals surface area contributed by atoms with Crippen LogP contribution in [0.3, 0.4) is 0 Å². The van der Waals surface area contributed by atoms with Gasteiger partial charge in [0.25, 0.3) is 0 Å². The Kier molecular flexibility index (Phi) is 10.5. The summed E-state index contributed by atoms with van der Waals surface area (Å²) in [6, 6.07) is 0. The first-order valence-corrected chi connectivity index (χ1v) is 8.56. The number of ether oxygens (including phenoxy) is 4. The van der Waals surface area contributed by atoms with Crippen molar-refractivity contribution in [3.05, 3.63) is 24.3 Å². The molecule has 0 spiro atoms. The van der Waals surface area contributed by atoms with Crippen molar-refractivity contribution in [1.82, 2.24) is 4.90 Å². The lowest BCUT2D eigenvalue weighted by molar-refractivity contribution is -0.154. The Morgan fingerprint density at radius 3 is 1.89 bits per heavy atom. The fourth-order valence-corrected chi connectivity index (χ4v) is 2.39. The molecule has 0 aromatic carbocycles. The van der Waals surface area contributed by atoms with Crippen LogP contribution in [0.1, 0.15) is 19.3 Å². The zero-order chi connectivity index (χ0) is 20.1. The average molecular weight is 383 g/mol. The summed E-state index contributed by atoms with van der Waals surface area (Å²) < 4.78 is 19.1. The SMILES string of the molecule is COC(=O)/C=C/C(=O)OC[C@H](CN1CCCCC1)OC(=O)/C=C/C(=O)OC. The number of likely N-dealkylation sites (tertiary alicyclic amines) is 1. The molecular weight excluding hydrogens is 358 g/mol. The van der Waals surface area contributed by atoms with Gasteiger partial charge in [-0.2, -0.15) is 0 Å². The van der Waals surface area contributed by atoms with Gasteiger partial charge in [-0.25, -0.2) is 19.2 Å². The van der Waals surface area contributed by atoms with Gasteiger partial charge >= 0.3 is 23.9 Å². The number of hydrogen-bond donors (Lipinski definition) is 0. The Morgan fingerprint density at radius 2 is 1.33 bits per heavy atom. The summed E-state index contributed by atoms with van der Waals surface area (Å²) >= 11 is 0. The minimum Gasteiger partial charge on any atom is -0.466 e. The van der Waals surface area contributed by atoms with Crippen LogP contribution < -0.4 is 0 Å². The molecule has 27 heavy (non-hydrogen) atoms. The van der Waals surface area contributed by atoms with E-state index < -0.39 is 30.0 Å². The number of nitrogens with zero attached hydrogens (tertiary/aromatic N) is 1. The molecule has 0 aliphatic carbocycles. The highest BCUT2D eigenvalue weighted by atomic mass is 16.6. The van der Waals surface area contributed by atoms with E-state index in [1.54, 1.807) is 0 Å². The molecule has 0 unspecified atom stereocenters. The van der Waals surface area contributed by atoms with Crippen molar-refractivity contribution in [2.24, 2.45) is 0 Å². The van der Waals surface area contributed by atoms with Gasteiger partial charge in [0.1, 0.15) is 12.7 Å². The van der Waals surface area contributed by atoms with Crippen molar-refractivity contribution in [3.8, 4) is 0 Å². The number of piperidine rings is 1. The molecule has 0 aromatic rings. The van der Waals surface area contributed by atoms with Crippen LogP contribution in [0.2, 0.25) is 0 Å². The van der Waals surface area contributed by atoms with Crippen molar-refractivity contribution < 1.29 is 38.1 Å². The van der Waals surface area contributed by atoms with Gasteiger partial charge in [0.2, 0.25) is 0 Å². The topological polar surface area (TPSA) is 108 Å².